The lowest BCUT2D eigenvalue weighted by molar-refractivity contribution is -0.383. The number of nitro groups is 1. The summed E-state index contributed by atoms with van der Waals surface area (Å²) in [4.78, 5) is 22.0. The third-order valence-electron chi connectivity index (χ3n) is 3.21. The number of aryl methyl sites for hydroxylation is 1. The fourth-order valence-corrected chi connectivity index (χ4v) is 2.22. The summed E-state index contributed by atoms with van der Waals surface area (Å²) in [7, 11) is 0. The first kappa shape index (κ1) is 13.0. The monoisotopic (exact) mass is 283 g/mol. The number of fused-ring (bicyclic) bond motifs is 1. The lowest BCUT2D eigenvalue weighted by Crippen LogP contribution is -2.02. The van der Waals surface area contributed by atoms with E-state index in [4.69, 9.17) is 0 Å². The molecule has 2 heterocycles. The van der Waals surface area contributed by atoms with E-state index in [0.29, 0.717) is 11.9 Å². The Hall–Kier alpha value is -2.96. The molecule has 0 unspecified atom stereocenters. The Kier molecular flexibility index (Phi) is 3.23. The molecule has 0 radical (unpaired) electrons. The maximum absolute atomic E-state index is 11.1. The van der Waals surface area contributed by atoms with E-state index in [1.165, 1.54) is 6.07 Å². The summed E-state index contributed by atoms with van der Waals surface area (Å²) in [6.07, 6.45) is 4.97. The number of nitrogens with one attached hydrogen (secondary N) is 2. The van der Waals surface area contributed by atoms with Crippen molar-refractivity contribution < 1.29 is 4.92 Å². The van der Waals surface area contributed by atoms with E-state index >= 15 is 0 Å². The van der Waals surface area contributed by atoms with Gasteiger partial charge in [-0.25, -0.2) is 4.98 Å². The van der Waals surface area contributed by atoms with E-state index in [1.54, 1.807) is 24.7 Å². The molecule has 0 atom stereocenters. The van der Waals surface area contributed by atoms with Crippen LogP contribution in [0.25, 0.3) is 10.8 Å². The predicted octanol–water partition coefficient (Wildman–Crippen LogP) is 2.79. The molecule has 0 amide bonds. The Morgan fingerprint density at radius 2 is 2.19 bits per heavy atom. The van der Waals surface area contributed by atoms with Crippen molar-refractivity contribution in [2.24, 2.45) is 0 Å². The second kappa shape index (κ2) is 5.20. The summed E-state index contributed by atoms with van der Waals surface area (Å²) >= 11 is 0. The average Bonchev–Trinajstić information content (AvgIpc) is 2.97. The van der Waals surface area contributed by atoms with Gasteiger partial charge in [-0.1, -0.05) is 0 Å². The summed E-state index contributed by atoms with van der Waals surface area (Å²) in [5, 5.41) is 15.6. The number of nitrogens with zero attached hydrogens (tertiary/aromatic N) is 3. The van der Waals surface area contributed by atoms with Gasteiger partial charge in [-0.2, -0.15) is 0 Å². The number of rotatable bonds is 4. The summed E-state index contributed by atoms with van der Waals surface area (Å²) in [5.74, 6) is 0.798. The Bertz CT molecular complexity index is 798. The Morgan fingerprint density at radius 1 is 1.33 bits per heavy atom. The normalized spacial score (nSPS) is 10.7. The standard InChI is InChI=1S/C14H13N5O2/c1-9-6-10-11(7-17-9)13(19(20)21)3-2-12(10)18-8-14-15-4-5-16-14/h2-7,18H,8H2,1H3,(H,15,16). The van der Waals surface area contributed by atoms with Crippen LogP contribution in [0.4, 0.5) is 11.4 Å². The fourth-order valence-electron chi connectivity index (χ4n) is 2.22. The van der Waals surface area contributed by atoms with E-state index in [-0.39, 0.29) is 5.69 Å². The molecule has 0 saturated carbocycles. The highest BCUT2D eigenvalue weighted by molar-refractivity contribution is 5.99. The topological polar surface area (TPSA) is 96.7 Å². The number of imidazole rings is 1. The second-order valence-electron chi connectivity index (χ2n) is 4.65. The minimum Gasteiger partial charge on any atom is -0.377 e. The summed E-state index contributed by atoms with van der Waals surface area (Å²) in [6.45, 7) is 2.37. The molecule has 2 N–H and O–H groups in total. The predicted molar refractivity (Wildman–Crippen MR) is 79.0 cm³/mol. The Labute approximate surface area is 120 Å². The first-order valence-electron chi connectivity index (χ1n) is 6.41. The highest BCUT2D eigenvalue weighted by atomic mass is 16.6. The van der Waals surface area contributed by atoms with Gasteiger partial charge in [-0.05, 0) is 19.1 Å². The zero-order valence-corrected chi connectivity index (χ0v) is 11.3. The van der Waals surface area contributed by atoms with Crippen LogP contribution in [0.1, 0.15) is 11.5 Å². The number of H-pyrrole nitrogens is 1. The van der Waals surface area contributed by atoms with Crippen LogP contribution < -0.4 is 5.32 Å². The minimum absolute atomic E-state index is 0.0565. The molecule has 7 heteroatoms. The number of aromatic amines is 1. The number of pyridine rings is 1. The molecule has 0 aliphatic heterocycles. The molecule has 0 saturated heterocycles. The minimum atomic E-state index is -0.393. The Balaban J connectivity index is 2.04. The maximum Gasteiger partial charge on any atom is 0.278 e. The van der Waals surface area contributed by atoms with Gasteiger partial charge in [0.2, 0.25) is 0 Å². The van der Waals surface area contributed by atoms with Crippen LogP contribution in [0.15, 0.2) is 36.8 Å². The van der Waals surface area contributed by atoms with Crippen LogP contribution in [0.5, 0.6) is 0 Å². The van der Waals surface area contributed by atoms with Crippen molar-refractivity contribution in [3.8, 4) is 0 Å². The molecule has 3 rings (SSSR count). The van der Waals surface area contributed by atoms with Crippen molar-refractivity contribution in [3.05, 3.63) is 58.4 Å². The summed E-state index contributed by atoms with van der Waals surface area (Å²) in [6, 6.07) is 5.04. The number of hydrogen-bond donors (Lipinski definition) is 2. The molecule has 0 bridgehead atoms. The maximum atomic E-state index is 11.1. The van der Waals surface area contributed by atoms with Gasteiger partial charge in [0, 0.05) is 41.4 Å². The summed E-state index contributed by atoms with van der Waals surface area (Å²) < 4.78 is 0. The molecule has 1 aromatic carbocycles. The van der Waals surface area contributed by atoms with E-state index < -0.39 is 4.92 Å². The molecule has 2 aromatic heterocycles. The lowest BCUT2D eigenvalue weighted by Gasteiger charge is -2.09. The highest BCUT2D eigenvalue weighted by Crippen LogP contribution is 2.31. The van der Waals surface area contributed by atoms with E-state index in [9.17, 15) is 10.1 Å². The van der Waals surface area contributed by atoms with E-state index in [2.05, 4.69) is 20.3 Å². The number of hydrogen-bond acceptors (Lipinski definition) is 5. The van der Waals surface area contributed by atoms with Crippen molar-refractivity contribution in [2.45, 2.75) is 13.5 Å². The number of non-ortho nitro benzene ring substituents is 1. The van der Waals surface area contributed by atoms with Crippen molar-refractivity contribution in [1.29, 1.82) is 0 Å². The van der Waals surface area contributed by atoms with Crippen LogP contribution in [0.3, 0.4) is 0 Å². The molecule has 0 fully saturated rings. The van der Waals surface area contributed by atoms with Crippen molar-refractivity contribution >= 4 is 22.1 Å². The molecule has 0 aliphatic rings. The SMILES string of the molecule is Cc1cc2c(NCc3ncc[nH]3)ccc([N+](=O)[O-])c2cn1. The van der Waals surface area contributed by atoms with Gasteiger partial charge in [0.15, 0.2) is 0 Å². The van der Waals surface area contributed by atoms with Crippen molar-refractivity contribution in [3.63, 3.8) is 0 Å². The van der Waals surface area contributed by atoms with Gasteiger partial charge in [-0.15, -0.1) is 0 Å². The van der Waals surface area contributed by atoms with E-state index in [1.807, 2.05) is 13.0 Å². The molecular weight excluding hydrogens is 270 g/mol. The number of aromatic nitrogens is 3. The molecule has 3 aromatic rings. The number of benzene rings is 1. The molecule has 21 heavy (non-hydrogen) atoms. The number of nitro benzene ring substituents is 1. The molecule has 0 spiro atoms. The smallest absolute Gasteiger partial charge is 0.278 e. The highest BCUT2D eigenvalue weighted by Gasteiger charge is 2.15. The van der Waals surface area contributed by atoms with Gasteiger partial charge in [0.25, 0.3) is 5.69 Å². The van der Waals surface area contributed by atoms with Gasteiger partial charge >= 0.3 is 0 Å². The average molecular weight is 283 g/mol. The Morgan fingerprint density at radius 3 is 2.90 bits per heavy atom. The van der Waals surface area contributed by atoms with Crippen molar-refractivity contribution in [1.82, 2.24) is 15.0 Å². The van der Waals surface area contributed by atoms with Crippen LogP contribution in [-0.4, -0.2) is 19.9 Å². The van der Waals surface area contributed by atoms with Gasteiger partial charge < -0.3 is 10.3 Å². The van der Waals surface area contributed by atoms with Crippen LogP contribution in [-0.2, 0) is 6.54 Å². The molecule has 0 aliphatic carbocycles. The zero-order valence-electron chi connectivity index (χ0n) is 11.3. The lowest BCUT2D eigenvalue weighted by atomic mass is 10.1. The van der Waals surface area contributed by atoms with Crippen LogP contribution in [0, 0.1) is 17.0 Å². The van der Waals surface area contributed by atoms with Gasteiger partial charge in [-0.3, -0.25) is 15.1 Å². The first-order valence-corrected chi connectivity index (χ1v) is 6.41. The second-order valence-corrected chi connectivity index (χ2v) is 4.65. The quantitative estimate of drug-likeness (QED) is 0.567. The third kappa shape index (κ3) is 2.53. The fraction of sp³-hybridized carbons (Fsp3) is 0.143. The third-order valence-corrected chi connectivity index (χ3v) is 3.21. The first-order chi connectivity index (χ1) is 10.1. The van der Waals surface area contributed by atoms with Crippen LogP contribution >= 0.6 is 0 Å². The molecule has 7 nitrogen and oxygen atoms in total. The zero-order chi connectivity index (χ0) is 14.8. The summed E-state index contributed by atoms with van der Waals surface area (Å²) in [5.41, 5.74) is 1.68. The van der Waals surface area contributed by atoms with Crippen molar-refractivity contribution in [2.75, 3.05) is 5.32 Å². The van der Waals surface area contributed by atoms with Crippen LogP contribution in [0.2, 0.25) is 0 Å². The molecular formula is C14H13N5O2. The van der Waals surface area contributed by atoms with Gasteiger partial charge in [0.05, 0.1) is 16.9 Å². The number of anilines is 1. The molecule has 106 valence electrons. The van der Waals surface area contributed by atoms with E-state index in [0.717, 1.165) is 22.6 Å². The largest absolute Gasteiger partial charge is 0.377 e. The van der Waals surface area contributed by atoms with Gasteiger partial charge in [0.1, 0.15) is 5.82 Å².